The van der Waals surface area contributed by atoms with Crippen LogP contribution in [0.2, 0.25) is 0 Å². The minimum absolute atomic E-state index is 0.0763. The molecule has 1 unspecified atom stereocenters. The molecule has 0 radical (unpaired) electrons. The summed E-state index contributed by atoms with van der Waals surface area (Å²) in [6.45, 7) is 3.67. The molecule has 1 atom stereocenters. The maximum absolute atomic E-state index is 12.9. The number of hydrogen-bond donors (Lipinski definition) is 1. The van der Waals surface area contributed by atoms with Gasteiger partial charge in [0.1, 0.15) is 5.75 Å². The van der Waals surface area contributed by atoms with Crippen molar-refractivity contribution in [1.29, 1.82) is 0 Å². The molecule has 0 aliphatic carbocycles. The van der Waals surface area contributed by atoms with Gasteiger partial charge in [0, 0.05) is 38.1 Å². The zero-order valence-electron chi connectivity index (χ0n) is 19.4. The van der Waals surface area contributed by atoms with E-state index < -0.39 is 0 Å². The molecule has 1 saturated heterocycles. The summed E-state index contributed by atoms with van der Waals surface area (Å²) in [5.41, 5.74) is 3.28. The van der Waals surface area contributed by atoms with E-state index in [9.17, 15) is 4.79 Å². The molecule has 0 bridgehead atoms. The Morgan fingerprint density at radius 3 is 2.59 bits per heavy atom. The fraction of sp³-hybridized carbons (Fsp3) is 0.269. The van der Waals surface area contributed by atoms with Gasteiger partial charge in [-0.25, -0.2) is 0 Å². The number of fused-ring (bicyclic) bond motifs is 1. The van der Waals surface area contributed by atoms with E-state index in [4.69, 9.17) is 4.74 Å². The second-order valence-corrected chi connectivity index (χ2v) is 8.60. The van der Waals surface area contributed by atoms with Crippen LogP contribution in [0.1, 0.15) is 27.8 Å². The van der Waals surface area contributed by atoms with Gasteiger partial charge in [0.25, 0.3) is 5.91 Å². The number of carbonyl (C=O) groups is 1. The third-order valence-corrected chi connectivity index (χ3v) is 6.32. The number of likely N-dealkylation sites (N-methyl/N-ethyl adjacent to an activating group) is 1. The van der Waals surface area contributed by atoms with Crippen molar-refractivity contribution in [2.45, 2.75) is 12.6 Å². The van der Waals surface area contributed by atoms with Crippen LogP contribution in [0.4, 0.5) is 5.69 Å². The topological polar surface area (TPSA) is 75.0 Å². The van der Waals surface area contributed by atoms with E-state index in [0.717, 1.165) is 43.4 Å². The molecule has 2 aromatic heterocycles. The quantitative estimate of drug-likeness (QED) is 0.479. The Balaban J connectivity index is 1.36. The molecular formula is C26H28N6O2. The Hall–Kier alpha value is -3.75. The predicted molar refractivity (Wildman–Crippen MR) is 131 cm³/mol. The highest BCUT2D eigenvalue weighted by atomic mass is 16.5. The number of methoxy groups -OCH3 is 1. The van der Waals surface area contributed by atoms with Gasteiger partial charge in [-0.05, 0) is 49.0 Å². The molecule has 174 valence electrons. The molecule has 8 heteroatoms. The van der Waals surface area contributed by atoms with Crippen LogP contribution in [0.3, 0.4) is 0 Å². The summed E-state index contributed by atoms with van der Waals surface area (Å²) in [4.78, 5) is 17.7. The van der Waals surface area contributed by atoms with Crippen molar-refractivity contribution in [3.8, 4) is 5.75 Å². The van der Waals surface area contributed by atoms with E-state index in [1.165, 1.54) is 5.56 Å². The lowest BCUT2D eigenvalue weighted by molar-refractivity contribution is 0.0852. The third-order valence-electron chi connectivity index (χ3n) is 6.32. The number of nitrogens with one attached hydrogen (secondary N) is 1. The molecule has 2 aromatic carbocycles. The maximum atomic E-state index is 12.9. The number of nitrogens with zero attached hydrogens (tertiary/aromatic N) is 5. The number of hydrogen-bond acceptors (Lipinski definition) is 6. The van der Waals surface area contributed by atoms with Crippen molar-refractivity contribution in [2.75, 3.05) is 39.1 Å². The molecule has 4 aromatic rings. The first kappa shape index (κ1) is 22.1. The molecule has 8 nitrogen and oxygen atoms in total. The molecule has 1 N–H and O–H groups in total. The number of carbonyl (C=O) groups excluding carboxylic acids is 1. The lowest BCUT2D eigenvalue weighted by Gasteiger charge is -2.38. The molecule has 5 rings (SSSR count). The van der Waals surface area contributed by atoms with Crippen LogP contribution in [0, 0.1) is 0 Å². The first-order valence-electron chi connectivity index (χ1n) is 11.4. The fourth-order valence-electron chi connectivity index (χ4n) is 4.34. The average molecular weight is 457 g/mol. The molecule has 3 heterocycles. The standard InChI is InChI=1S/C26H28N6O2/c1-30-14-15-31(16-19-6-4-3-5-7-19)18-23(30)25-29-28-24-13-8-20(17-32(24)25)26(33)27-21-9-11-22(34-2)12-10-21/h3-13,17,23H,14-16,18H2,1-2H3,(H,27,33). The number of amides is 1. The summed E-state index contributed by atoms with van der Waals surface area (Å²) in [5, 5.41) is 11.8. The molecular weight excluding hydrogens is 428 g/mol. The van der Waals surface area contributed by atoms with Crippen molar-refractivity contribution >= 4 is 17.2 Å². The third kappa shape index (κ3) is 4.64. The van der Waals surface area contributed by atoms with Gasteiger partial charge in [0.05, 0.1) is 18.7 Å². The number of anilines is 1. The monoisotopic (exact) mass is 456 g/mol. The Morgan fingerprint density at radius 2 is 1.82 bits per heavy atom. The predicted octanol–water partition coefficient (Wildman–Crippen LogP) is 3.48. The number of pyridine rings is 1. The Kier molecular flexibility index (Phi) is 6.24. The molecule has 0 saturated carbocycles. The lowest BCUT2D eigenvalue weighted by atomic mass is 10.1. The van der Waals surface area contributed by atoms with Gasteiger partial charge in [-0.1, -0.05) is 30.3 Å². The minimum Gasteiger partial charge on any atom is -0.497 e. The second kappa shape index (κ2) is 9.62. The van der Waals surface area contributed by atoms with Gasteiger partial charge in [0.2, 0.25) is 0 Å². The van der Waals surface area contributed by atoms with E-state index >= 15 is 0 Å². The highest BCUT2D eigenvalue weighted by Gasteiger charge is 2.29. The summed E-state index contributed by atoms with van der Waals surface area (Å²) < 4.78 is 7.12. The number of rotatable bonds is 6. The van der Waals surface area contributed by atoms with E-state index in [1.807, 2.05) is 47.0 Å². The summed E-state index contributed by atoms with van der Waals surface area (Å²) >= 11 is 0. The van der Waals surface area contributed by atoms with Gasteiger partial charge >= 0.3 is 0 Å². The molecule has 1 aliphatic rings. The van der Waals surface area contributed by atoms with Crippen LogP contribution in [0.5, 0.6) is 5.75 Å². The first-order chi connectivity index (χ1) is 16.6. The largest absolute Gasteiger partial charge is 0.497 e. The molecule has 0 spiro atoms. The van der Waals surface area contributed by atoms with Crippen LogP contribution >= 0.6 is 0 Å². The lowest BCUT2D eigenvalue weighted by Crippen LogP contribution is -2.46. The van der Waals surface area contributed by atoms with Crippen LogP contribution in [-0.4, -0.2) is 64.1 Å². The Labute approximate surface area is 198 Å². The van der Waals surface area contributed by atoms with Crippen LogP contribution in [0.25, 0.3) is 5.65 Å². The number of piperazine rings is 1. The van der Waals surface area contributed by atoms with Gasteiger partial charge in [-0.3, -0.25) is 19.0 Å². The second-order valence-electron chi connectivity index (χ2n) is 8.60. The summed E-state index contributed by atoms with van der Waals surface area (Å²) in [6, 6.07) is 21.5. The summed E-state index contributed by atoms with van der Waals surface area (Å²) in [5.74, 6) is 1.40. The van der Waals surface area contributed by atoms with E-state index in [1.54, 1.807) is 13.2 Å². The van der Waals surface area contributed by atoms with Crippen molar-refractivity contribution < 1.29 is 9.53 Å². The maximum Gasteiger partial charge on any atom is 0.257 e. The molecule has 34 heavy (non-hydrogen) atoms. The van der Waals surface area contributed by atoms with Gasteiger partial charge < -0.3 is 10.1 Å². The number of ether oxygens (including phenoxy) is 1. The van der Waals surface area contributed by atoms with Crippen LogP contribution in [-0.2, 0) is 6.54 Å². The van der Waals surface area contributed by atoms with Crippen molar-refractivity contribution in [2.24, 2.45) is 0 Å². The fourth-order valence-corrected chi connectivity index (χ4v) is 4.34. The Bertz CT molecular complexity index is 1270. The van der Waals surface area contributed by atoms with Crippen molar-refractivity contribution in [1.82, 2.24) is 24.4 Å². The zero-order chi connectivity index (χ0) is 23.5. The molecule has 1 amide bonds. The van der Waals surface area contributed by atoms with E-state index in [-0.39, 0.29) is 11.9 Å². The van der Waals surface area contributed by atoms with Crippen molar-refractivity contribution in [3.63, 3.8) is 0 Å². The highest BCUT2D eigenvalue weighted by Crippen LogP contribution is 2.25. The summed E-state index contributed by atoms with van der Waals surface area (Å²) in [6.07, 6.45) is 1.83. The Morgan fingerprint density at radius 1 is 1.03 bits per heavy atom. The normalized spacial score (nSPS) is 17.1. The molecule has 1 fully saturated rings. The van der Waals surface area contributed by atoms with E-state index in [0.29, 0.717) is 11.3 Å². The van der Waals surface area contributed by atoms with Crippen molar-refractivity contribution in [3.05, 3.63) is 89.9 Å². The van der Waals surface area contributed by atoms with Gasteiger partial charge in [-0.2, -0.15) is 0 Å². The number of benzene rings is 2. The number of aromatic nitrogens is 3. The van der Waals surface area contributed by atoms with Crippen LogP contribution < -0.4 is 10.1 Å². The SMILES string of the molecule is COc1ccc(NC(=O)c2ccc3nnc(C4CN(Cc5ccccc5)CCN4C)n3c2)cc1. The van der Waals surface area contributed by atoms with Gasteiger partial charge in [-0.15, -0.1) is 10.2 Å². The first-order valence-corrected chi connectivity index (χ1v) is 11.4. The van der Waals surface area contributed by atoms with Crippen LogP contribution in [0.15, 0.2) is 72.9 Å². The van der Waals surface area contributed by atoms with E-state index in [2.05, 4.69) is 56.6 Å². The highest BCUT2D eigenvalue weighted by molar-refractivity contribution is 6.04. The summed E-state index contributed by atoms with van der Waals surface area (Å²) in [7, 11) is 3.73. The smallest absolute Gasteiger partial charge is 0.257 e. The minimum atomic E-state index is -0.186. The average Bonchev–Trinajstić information content (AvgIpc) is 3.29. The molecule has 1 aliphatic heterocycles. The zero-order valence-corrected chi connectivity index (χ0v) is 19.4. The van der Waals surface area contributed by atoms with Gasteiger partial charge in [0.15, 0.2) is 11.5 Å².